The van der Waals surface area contributed by atoms with Crippen molar-refractivity contribution in [2.45, 2.75) is 32.9 Å². The molecule has 2 aliphatic rings. The lowest BCUT2D eigenvalue weighted by Crippen LogP contribution is -2.46. The average molecular weight is 605 g/mol. The van der Waals surface area contributed by atoms with Gasteiger partial charge in [0.25, 0.3) is 0 Å². The Labute approximate surface area is 243 Å². The van der Waals surface area contributed by atoms with Gasteiger partial charge in [0, 0.05) is 60.8 Å². The molecule has 2 saturated heterocycles. The zero-order valence-corrected chi connectivity index (χ0v) is 24.4. The summed E-state index contributed by atoms with van der Waals surface area (Å²) in [6.07, 6.45) is 0.445. The standard InChI is InChI=1S/C31H34BrN5O3/c1-21-4-3-5-25(18-21)36-16-14-35(15-17-36)20-23-6-8-24(9-7-23)33-29(38)30(39)34-28-12-13-37(31(28)40)26-10-11-27(32)22(2)19-26/h3-11,18-19,28H,12-17,20H2,1-2H3,(H,33,38)(H,34,39). The van der Waals surface area contributed by atoms with Gasteiger partial charge in [-0.05, 0) is 79.4 Å². The van der Waals surface area contributed by atoms with Crippen LogP contribution in [0.1, 0.15) is 23.1 Å². The topological polar surface area (TPSA) is 85.0 Å². The van der Waals surface area contributed by atoms with Gasteiger partial charge in [0.15, 0.2) is 0 Å². The molecule has 1 unspecified atom stereocenters. The van der Waals surface area contributed by atoms with Gasteiger partial charge < -0.3 is 20.4 Å². The van der Waals surface area contributed by atoms with Gasteiger partial charge in [0.2, 0.25) is 5.91 Å². The lowest BCUT2D eigenvalue weighted by Gasteiger charge is -2.36. The molecule has 3 amide bonds. The number of nitrogens with one attached hydrogen (secondary N) is 2. The molecule has 8 nitrogen and oxygen atoms in total. The van der Waals surface area contributed by atoms with Crippen LogP contribution in [0.3, 0.4) is 0 Å². The van der Waals surface area contributed by atoms with Crippen LogP contribution in [0.4, 0.5) is 17.1 Å². The van der Waals surface area contributed by atoms with Crippen molar-refractivity contribution in [3.63, 3.8) is 0 Å². The van der Waals surface area contributed by atoms with Crippen molar-refractivity contribution in [1.82, 2.24) is 10.2 Å². The first kappa shape index (κ1) is 27.9. The zero-order chi connectivity index (χ0) is 28.2. The molecule has 0 bridgehead atoms. The second-order valence-electron chi connectivity index (χ2n) is 10.5. The summed E-state index contributed by atoms with van der Waals surface area (Å²) >= 11 is 3.47. The number of anilines is 3. The fourth-order valence-corrected chi connectivity index (χ4v) is 5.47. The third-order valence-corrected chi connectivity index (χ3v) is 8.42. The summed E-state index contributed by atoms with van der Waals surface area (Å²) in [4.78, 5) is 44.5. The molecule has 3 aromatic carbocycles. The van der Waals surface area contributed by atoms with Crippen LogP contribution >= 0.6 is 15.9 Å². The Bertz CT molecular complexity index is 1400. The molecule has 5 rings (SSSR count). The quantitative estimate of drug-likeness (QED) is 0.412. The molecule has 3 aromatic rings. The van der Waals surface area contributed by atoms with Gasteiger partial charge in [-0.25, -0.2) is 0 Å². The maximum Gasteiger partial charge on any atom is 0.313 e. The number of nitrogens with zero attached hydrogens (tertiary/aromatic N) is 3. The highest BCUT2D eigenvalue weighted by Crippen LogP contribution is 2.26. The average Bonchev–Trinajstić information content (AvgIpc) is 3.31. The molecular formula is C31H34BrN5O3. The third kappa shape index (κ3) is 6.54. The van der Waals surface area contributed by atoms with Gasteiger partial charge in [-0.1, -0.05) is 40.2 Å². The smallest absolute Gasteiger partial charge is 0.313 e. The normalized spacial score (nSPS) is 17.7. The van der Waals surface area contributed by atoms with E-state index in [1.165, 1.54) is 11.3 Å². The molecule has 1 atom stereocenters. The van der Waals surface area contributed by atoms with Crippen LogP contribution in [-0.4, -0.2) is 61.4 Å². The molecule has 2 heterocycles. The molecule has 0 saturated carbocycles. The van der Waals surface area contributed by atoms with E-state index in [-0.39, 0.29) is 5.91 Å². The van der Waals surface area contributed by atoms with Crippen molar-refractivity contribution in [2.75, 3.05) is 47.8 Å². The van der Waals surface area contributed by atoms with Crippen LogP contribution in [0.5, 0.6) is 0 Å². The Balaban J connectivity index is 1.08. The van der Waals surface area contributed by atoms with Crippen molar-refractivity contribution in [3.05, 3.63) is 87.9 Å². The molecule has 0 aromatic heterocycles. The van der Waals surface area contributed by atoms with Crippen LogP contribution in [0.2, 0.25) is 0 Å². The Morgan fingerprint density at radius 3 is 2.33 bits per heavy atom. The SMILES string of the molecule is Cc1cccc(N2CCN(Cc3ccc(NC(=O)C(=O)NC4CCN(c5ccc(Br)c(C)c5)C4=O)cc3)CC2)c1. The van der Waals surface area contributed by atoms with Gasteiger partial charge in [0.05, 0.1) is 0 Å². The maximum absolute atomic E-state index is 12.9. The minimum atomic E-state index is -0.817. The van der Waals surface area contributed by atoms with Crippen molar-refractivity contribution in [3.8, 4) is 0 Å². The summed E-state index contributed by atoms with van der Waals surface area (Å²) in [6, 6.07) is 21.1. The number of hydrogen-bond acceptors (Lipinski definition) is 5. The van der Waals surface area contributed by atoms with Crippen LogP contribution in [0.25, 0.3) is 0 Å². The number of carbonyl (C=O) groups is 3. The summed E-state index contributed by atoms with van der Waals surface area (Å²) in [5, 5.41) is 5.24. The van der Waals surface area contributed by atoms with Crippen molar-refractivity contribution >= 4 is 50.7 Å². The fourth-order valence-electron chi connectivity index (χ4n) is 5.22. The fraction of sp³-hybridized carbons (Fsp3) is 0.323. The first-order chi connectivity index (χ1) is 19.3. The maximum atomic E-state index is 12.9. The predicted molar refractivity (Wildman–Crippen MR) is 162 cm³/mol. The monoisotopic (exact) mass is 603 g/mol. The van der Waals surface area contributed by atoms with Crippen LogP contribution < -0.4 is 20.4 Å². The lowest BCUT2D eigenvalue weighted by molar-refractivity contribution is -0.137. The minimum Gasteiger partial charge on any atom is -0.369 e. The van der Waals surface area contributed by atoms with Crippen LogP contribution in [-0.2, 0) is 20.9 Å². The van der Waals surface area contributed by atoms with Crippen LogP contribution in [0.15, 0.2) is 71.2 Å². The molecule has 0 spiro atoms. The highest BCUT2D eigenvalue weighted by molar-refractivity contribution is 9.10. The van der Waals surface area contributed by atoms with E-state index < -0.39 is 17.9 Å². The zero-order valence-electron chi connectivity index (χ0n) is 22.8. The minimum absolute atomic E-state index is 0.216. The Kier molecular flexibility index (Phi) is 8.52. The van der Waals surface area contributed by atoms with E-state index in [1.807, 2.05) is 49.4 Å². The first-order valence-corrected chi connectivity index (χ1v) is 14.4. The van der Waals surface area contributed by atoms with E-state index in [2.05, 4.69) is 67.6 Å². The predicted octanol–water partition coefficient (Wildman–Crippen LogP) is 4.25. The highest BCUT2D eigenvalue weighted by Gasteiger charge is 2.35. The van der Waals surface area contributed by atoms with Gasteiger partial charge in [-0.2, -0.15) is 0 Å². The summed E-state index contributed by atoms with van der Waals surface area (Å²) in [7, 11) is 0. The lowest BCUT2D eigenvalue weighted by atomic mass is 10.1. The molecule has 208 valence electrons. The Hall–Kier alpha value is -3.69. The molecule has 2 N–H and O–H groups in total. The molecule has 0 radical (unpaired) electrons. The summed E-state index contributed by atoms with van der Waals surface area (Å²) in [5.41, 5.74) is 6.03. The van der Waals surface area contributed by atoms with Gasteiger partial charge in [0.1, 0.15) is 6.04 Å². The van der Waals surface area contributed by atoms with E-state index in [4.69, 9.17) is 0 Å². The van der Waals surface area contributed by atoms with E-state index in [0.29, 0.717) is 18.7 Å². The van der Waals surface area contributed by atoms with Crippen LogP contribution in [0, 0.1) is 13.8 Å². The van der Waals surface area contributed by atoms with Gasteiger partial charge in [-0.3, -0.25) is 19.3 Å². The number of carbonyl (C=O) groups excluding carboxylic acids is 3. The van der Waals surface area contributed by atoms with Gasteiger partial charge in [-0.15, -0.1) is 0 Å². The molecular weight excluding hydrogens is 570 g/mol. The number of aryl methyl sites for hydroxylation is 2. The van der Waals surface area contributed by atoms with Crippen molar-refractivity contribution < 1.29 is 14.4 Å². The third-order valence-electron chi connectivity index (χ3n) is 7.53. The molecule has 40 heavy (non-hydrogen) atoms. The summed E-state index contributed by atoms with van der Waals surface area (Å²) in [5.74, 6) is -1.82. The number of piperazine rings is 1. The molecule has 9 heteroatoms. The second-order valence-corrected chi connectivity index (χ2v) is 11.3. The van der Waals surface area contributed by atoms with E-state index in [9.17, 15) is 14.4 Å². The summed E-state index contributed by atoms with van der Waals surface area (Å²) < 4.78 is 0.967. The Morgan fingerprint density at radius 2 is 1.62 bits per heavy atom. The molecule has 2 fully saturated rings. The van der Waals surface area contributed by atoms with Crippen molar-refractivity contribution in [2.24, 2.45) is 0 Å². The molecule has 2 aliphatic heterocycles. The van der Waals surface area contributed by atoms with E-state index in [0.717, 1.165) is 54.0 Å². The number of benzene rings is 3. The van der Waals surface area contributed by atoms with E-state index >= 15 is 0 Å². The second kappa shape index (κ2) is 12.2. The first-order valence-electron chi connectivity index (χ1n) is 13.6. The van der Waals surface area contributed by atoms with Crippen molar-refractivity contribution in [1.29, 1.82) is 0 Å². The molecule has 0 aliphatic carbocycles. The number of rotatable bonds is 6. The van der Waals surface area contributed by atoms with Gasteiger partial charge >= 0.3 is 11.8 Å². The van der Waals surface area contributed by atoms with E-state index in [1.54, 1.807) is 4.90 Å². The number of amides is 3. The number of halogens is 1. The summed E-state index contributed by atoms with van der Waals surface area (Å²) in [6.45, 7) is 9.31. The number of hydrogen-bond donors (Lipinski definition) is 2. The highest BCUT2D eigenvalue weighted by atomic mass is 79.9. The largest absolute Gasteiger partial charge is 0.369 e. The Morgan fingerprint density at radius 1 is 0.875 bits per heavy atom.